The normalized spacial score (nSPS) is 16.4. The fourth-order valence-corrected chi connectivity index (χ4v) is 12.3. The van der Waals surface area contributed by atoms with Crippen LogP contribution in [0.4, 0.5) is 34.1 Å². The molecule has 0 radical (unpaired) electrons. The molecule has 0 unspecified atom stereocenters. The van der Waals surface area contributed by atoms with Gasteiger partial charge in [-0.3, -0.25) is 0 Å². The predicted molar refractivity (Wildman–Crippen MR) is 273 cm³/mol. The van der Waals surface area contributed by atoms with E-state index in [4.69, 9.17) is 0 Å². The van der Waals surface area contributed by atoms with Crippen LogP contribution in [-0.2, 0) is 29.1 Å². The second-order valence-corrected chi connectivity index (χ2v) is 19.9. The Balaban J connectivity index is 0.859. The minimum absolute atomic E-state index is 0.0808. The van der Waals surface area contributed by atoms with E-state index in [0.717, 1.165) is 12.8 Å². The van der Waals surface area contributed by atoms with Crippen LogP contribution in [0.2, 0.25) is 0 Å². The predicted octanol–water partition coefficient (Wildman–Crippen LogP) is 16.3. The van der Waals surface area contributed by atoms with Crippen molar-refractivity contribution in [3.63, 3.8) is 0 Å². The Morgan fingerprint density at radius 1 is 0.354 bits per heavy atom. The first-order valence-corrected chi connectivity index (χ1v) is 23.3. The summed E-state index contributed by atoms with van der Waals surface area (Å²) < 4.78 is 0. The highest BCUT2D eigenvalue weighted by molar-refractivity contribution is 5.94. The first-order valence-electron chi connectivity index (χ1n) is 23.3. The van der Waals surface area contributed by atoms with Gasteiger partial charge in [-0.1, -0.05) is 179 Å². The lowest BCUT2D eigenvalue weighted by atomic mass is 9.73. The lowest BCUT2D eigenvalue weighted by molar-refractivity contribution is 0.563. The standard InChI is InChI=1S/C63H50N2/c1-61(2)51-17-7-11-21-57(51)64(58-22-12-8-18-52(58)61)47-31-30-43-35-41(27-29-44(43)37-47)25-26-42-28-33-49-50-34-32-48(38-56(50)63(55(49)36-42)39-45-15-5-6-16-46(45)40-63)65-59-23-13-9-19-53(59)62(3,4)54-20-10-14-24-60(54)65/h5-38H,39-40H2,1-4H3/b26-25+. The molecule has 312 valence electrons. The molecule has 0 atom stereocenters. The van der Waals surface area contributed by atoms with Crippen LogP contribution in [0.3, 0.4) is 0 Å². The monoisotopic (exact) mass is 834 g/mol. The summed E-state index contributed by atoms with van der Waals surface area (Å²) in [5, 5.41) is 2.47. The lowest BCUT2D eigenvalue weighted by Crippen LogP contribution is -2.31. The quantitative estimate of drug-likeness (QED) is 0.163. The molecule has 0 amide bonds. The number of rotatable bonds is 4. The molecule has 0 N–H and O–H groups in total. The largest absolute Gasteiger partial charge is 0.310 e. The molecule has 2 aliphatic heterocycles. The smallest absolute Gasteiger partial charge is 0.0502 e. The Bertz CT molecular complexity index is 3350. The molecule has 0 bridgehead atoms. The molecule has 0 saturated heterocycles. The highest BCUT2D eigenvalue weighted by Crippen LogP contribution is 2.59. The fraction of sp³-hybridized carbons (Fsp3) is 0.143. The van der Waals surface area contributed by atoms with Gasteiger partial charge in [-0.15, -0.1) is 0 Å². The van der Waals surface area contributed by atoms with Crippen molar-refractivity contribution in [2.75, 3.05) is 9.80 Å². The average Bonchev–Trinajstić information content (AvgIpc) is 3.85. The summed E-state index contributed by atoms with van der Waals surface area (Å²) in [5.41, 5.74) is 23.5. The Hall–Kier alpha value is -7.42. The van der Waals surface area contributed by atoms with Crippen LogP contribution in [0.1, 0.15) is 83.3 Å². The third-order valence-electron chi connectivity index (χ3n) is 15.6. The van der Waals surface area contributed by atoms with E-state index in [2.05, 4.69) is 244 Å². The van der Waals surface area contributed by atoms with E-state index in [-0.39, 0.29) is 16.2 Å². The number of hydrogen-bond donors (Lipinski definition) is 0. The molecular formula is C63H50N2. The van der Waals surface area contributed by atoms with Crippen molar-refractivity contribution in [1.29, 1.82) is 0 Å². The molecule has 2 nitrogen and oxygen atoms in total. The van der Waals surface area contributed by atoms with E-state index in [1.54, 1.807) is 0 Å². The molecule has 9 aromatic rings. The Kier molecular flexibility index (Phi) is 8.08. The Morgan fingerprint density at radius 3 is 1.28 bits per heavy atom. The third-order valence-corrected chi connectivity index (χ3v) is 15.6. The van der Waals surface area contributed by atoms with E-state index in [0.29, 0.717) is 0 Å². The van der Waals surface area contributed by atoms with Gasteiger partial charge < -0.3 is 9.80 Å². The van der Waals surface area contributed by atoms with Crippen molar-refractivity contribution in [2.24, 2.45) is 0 Å². The van der Waals surface area contributed by atoms with Crippen LogP contribution in [0.5, 0.6) is 0 Å². The maximum atomic E-state index is 2.53. The summed E-state index contributed by atoms with van der Waals surface area (Å²) in [7, 11) is 0. The van der Waals surface area contributed by atoms with Gasteiger partial charge in [-0.05, 0) is 145 Å². The van der Waals surface area contributed by atoms with Gasteiger partial charge in [-0.25, -0.2) is 0 Å². The molecule has 0 fully saturated rings. The van der Waals surface area contributed by atoms with E-state index in [1.165, 1.54) is 112 Å². The van der Waals surface area contributed by atoms with E-state index in [9.17, 15) is 0 Å². The minimum Gasteiger partial charge on any atom is -0.310 e. The van der Waals surface area contributed by atoms with Gasteiger partial charge in [0.15, 0.2) is 0 Å². The van der Waals surface area contributed by atoms with Crippen LogP contribution in [0, 0.1) is 0 Å². The summed E-state index contributed by atoms with van der Waals surface area (Å²) in [5.74, 6) is 0. The van der Waals surface area contributed by atoms with Crippen LogP contribution < -0.4 is 9.80 Å². The van der Waals surface area contributed by atoms with Gasteiger partial charge in [0.1, 0.15) is 0 Å². The summed E-state index contributed by atoms with van der Waals surface area (Å²) in [4.78, 5) is 4.96. The summed E-state index contributed by atoms with van der Waals surface area (Å²) in [6, 6.07) is 73.2. The zero-order valence-electron chi connectivity index (χ0n) is 37.4. The maximum Gasteiger partial charge on any atom is 0.0502 e. The van der Waals surface area contributed by atoms with Crippen molar-refractivity contribution in [1.82, 2.24) is 0 Å². The van der Waals surface area contributed by atoms with Gasteiger partial charge in [-0.2, -0.15) is 0 Å². The van der Waals surface area contributed by atoms with Crippen LogP contribution in [0.25, 0.3) is 34.1 Å². The van der Waals surface area contributed by atoms with Gasteiger partial charge in [0.25, 0.3) is 0 Å². The molecule has 2 heteroatoms. The minimum atomic E-state index is -0.145. The summed E-state index contributed by atoms with van der Waals surface area (Å²) >= 11 is 0. The average molecular weight is 835 g/mol. The SMILES string of the molecule is CC1(C)c2ccccc2N(c2ccc3c(c2)C2(Cc4ccccc4C2)c2cc(/C=C/c4ccc5cc(N6c7ccccc7C(C)(C)c7ccccc76)ccc5c4)ccc2-3)c2ccccc21. The van der Waals surface area contributed by atoms with Gasteiger partial charge in [0.05, 0.1) is 22.7 Å². The highest BCUT2D eigenvalue weighted by Gasteiger charge is 2.48. The third kappa shape index (κ3) is 5.53. The Labute approximate surface area is 382 Å². The molecule has 4 aliphatic rings. The molecule has 1 spiro atoms. The number of anilines is 6. The number of nitrogens with zero attached hydrogens (tertiary/aromatic N) is 2. The Morgan fingerprint density at radius 2 is 0.738 bits per heavy atom. The van der Waals surface area contributed by atoms with Gasteiger partial charge in [0.2, 0.25) is 0 Å². The fourth-order valence-electron chi connectivity index (χ4n) is 12.3. The van der Waals surface area contributed by atoms with Crippen LogP contribution in [0.15, 0.2) is 194 Å². The molecule has 0 saturated carbocycles. The van der Waals surface area contributed by atoms with E-state index < -0.39 is 0 Å². The number of para-hydroxylation sites is 4. The number of benzene rings is 9. The summed E-state index contributed by atoms with van der Waals surface area (Å²) in [6.45, 7) is 9.41. The summed E-state index contributed by atoms with van der Waals surface area (Å²) in [6.07, 6.45) is 6.60. The first kappa shape index (κ1) is 38.1. The molecule has 2 aliphatic carbocycles. The van der Waals surface area contributed by atoms with Crippen molar-refractivity contribution in [3.8, 4) is 11.1 Å². The number of hydrogen-bond acceptors (Lipinski definition) is 2. The first-order chi connectivity index (χ1) is 31.7. The zero-order chi connectivity index (χ0) is 43.7. The zero-order valence-corrected chi connectivity index (χ0v) is 37.4. The molecule has 9 aromatic carbocycles. The van der Waals surface area contributed by atoms with Crippen LogP contribution in [-0.4, -0.2) is 0 Å². The van der Waals surface area contributed by atoms with E-state index in [1.807, 2.05) is 0 Å². The van der Waals surface area contributed by atoms with Crippen LogP contribution >= 0.6 is 0 Å². The maximum absolute atomic E-state index is 2.53. The molecule has 0 aromatic heterocycles. The van der Waals surface area contributed by atoms with Gasteiger partial charge in [0, 0.05) is 27.6 Å². The second-order valence-electron chi connectivity index (χ2n) is 19.9. The van der Waals surface area contributed by atoms with Crippen molar-refractivity contribution < 1.29 is 0 Å². The molecule has 2 heterocycles. The lowest BCUT2D eigenvalue weighted by Gasteiger charge is -2.42. The van der Waals surface area contributed by atoms with Crippen molar-refractivity contribution in [3.05, 3.63) is 250 Å². The van der Waals surface area contributed by atoms with Gasteiger partial charge >= 0.3 is 0 Å². The van der Waals surface area contributed by atoms with Crippen molar-refractivity contribution in [2.45, 2.75) is 56.8 Å². The molecule has 65 heavy (non-hydrogen) atoms. The van der Waals surface area contributed by atoms with E-state index >= 15 is 0 Å². The highest BCUT2D eigenvalue weighted by atomic mass is 15.2. The topological polar surface area (TPSA) is 6.48 Å². The second kappa shape index (κ2) is 13.8. The van der Waals surface area contributed by atoms with Crippen molar-refractivity contribution >= 4 is 57.0 Å². The number of fused-ring (bicyclic) bond motifs is 11. The molecule has 13 rings (SSSR count). The molecular weight excluding hydrogens is 785 g/mol.